The summed E-state index contributed by atoms with van der Waals surface area (Å²) in [7, 11) is 0. The molecule has 0 radical (unpaired) electrons. The minimum absolute atomic E-state index is 0.384. The summed E-state index contributed by atoms with van der Waals surface area (Å²) in [5.74, 6) is -0.828. The van der Waals surface area contributed by atoms with Gasteiger partial charge in [-0.1, -0.05) is 43.3 Å². The third kappa shape index (κ3) is 4.44. The summed E-state index contributed by atoms with van der Waals surface area (Å²) in [4.78, 5) is 34.5. The van der Waals surface area contributed by atoms with E-state index in [1.54, 1.807) is 13.0 Å². The Kier molecular flexibility index (Phi) is 6.32. The molecule has 1 amide bonds. The van der Waals surface area contributed by atoms with Gasteiger partial charge in [0.05, 0.1) is 0 Å². The molecule has 0 aliphatic carbocycles. The zero-order chi connectivity index (χ0) is 15.0. The van der Waals surface area contributed by atoms with E-state index in [1.807, 2.05) is 30.3 Å². The molecule has 0 aromatic heterocycles. The maximum atomic E-state index is 12.0. The summed E-state index contributed by atoms with van der Waals surface area (Å²) in [5.41, 5.74) is 3.56. The van der Waals surface area contributed by atoms with Crippen LogP contribution in [-0.4, -0.2) is 35.6 Å². The van der Waals surface area contributed by atoms with E-state index in [2.05, 4.69) is 5.43 Å². The number of hydrogen-bond donors (Lipinski definition) is 1. The Morgan fingerprint density at radius 3 is 2.45 bits per heavy atom. The molecule has 0 saturated heterocycles. The Balaban J connectivity index is 2.83. The number of carbonyl (C=O) groups excluding carboxylic acids is 3. The largest absolute Gasteiger partial charge is 0.300 e. The molecule has 5 nitrogen and oxygen atoms in total. The first kappa shape index (κ1) is 15.8. The molecular formula is C15H18N2O3. The molecule has 0 spiro atoms. The van der Waals surface area contributed by atoms with Gasteiger partial charge in [-0.2, -0.15) is 0 Å². The molecule has 0 aliphatic heterocycles. The lowest BCUT2D eigenvalue weighted by Gasteiger charge is -2.25. The highest BCUT2D eigenvalue weighted by atomic mass is 16.2. The second-order valence-electron chi connectivity index (χ2n) is 4.13. The van der Waals surface area contributed by atoms with Crippen LogP contribution in [0.4, 0.5) is 0 Å². The van der Waals surface area contributed by atoms with Crippen LogP contribution in [0.3, 0.4) is 0 Å². The van der Waals surface area contributed by atoms with Crippen molar-refractivity contribution >= 4 is 24.1 Å². The third-order valence-corrected chi connectivity index (χ3v) is 2.61. The van der Waals surface area contributed by atoms with Gasteiger partial charge in [0.1, 0.15) is 0 Å². The first-order chi connectivity index (χ1) is 9.60. The summed E-state index contributed by atoms with van der Waals surface area (Å²) in [6.07, 6.45) is 3.38. The average Bonchev–Trinajstić information content (AvgIpc) is 2.46. The van der Waals surface area contributed by atoms with Crippen molar-refractivity contribution in [3.05, 3.63) is 42.0 Å². The molecule has 1 aromatic rings. The van der Waals surface area contributed by atoms with Gasteiger partial charge in [-0.15, -0.1) is 0 Å². The quantitative estimate of drug-likeness (QED) is 0.351. The van der Waals surface area contributed by atoms with Crippen LogP contribution in [-0.2, 0) is 14.4 Å². The number of rotatable bonds is 7. The number of hydrazine groups is 1. The monoisotopic (exact) mass is 274 g/mol. The standard InChI is InChI=1S/C15H18N2O3/c1-3-16-17(12(2)19)14(11-18)15(20)10-9-13-7-5-4-6-8-13/h4-11,14,16H,3H2,1-2H3. The zero-order valence-electron chi connectivity index (χ0n) is 11.6. The second kappa shape index (κ2) is 8.01. The van der Waals surface area contributed by atoms with Crippen LogP contribution in [0.2, 0.25) is 0 Å². The maximum absolute atomic E-state index is 12.0. The van der Waals surface area contributed by atoms with Crippen molar-refractivity contribution in [1.82, 2.24) is 10.4 Å². The van der Waals surface area contributed by atoms with E-state index >= 15 is 0 Å². The van der Waals surface area contributed by atoms with E-state index in [1.165, 1.54) is 13.0 Å². The van der Waals surface area contributed by atoms with Crippen LogP contribution in [0.1, 0.15) is 19.4 Å². The summed E-state index contributed by atoms with van der Waals surface area (Å²) in [6, 6.07) is 8.10. The van der Waals surface area contributed by atoms with E-state index < -0.39 is 11.8 Å². The van der Waals surface area contributed by atoms with E-state index in [4.69, 9.17) is 0 Å². The molecule has 106 valence electrons. The Labute approximate surface area is 118 Å². The lowest BCUT2D eigenvalue weighted by molar-refractivity contribution is -0.142. The van der Waals surface area contributed by atoms with Crippen molar-refractivity contribution in [2.75, 3.05) is 6.54 Å². The van der Waals surface area contributed by atoms with Gasteiger partial charge in [0.15, 0.2) is 18.1 Å². The molecular weight excluding hydrogens is 256 g/mol. The van der Waals surface area contributed by atoms with Gasteiger partial charge in [-0.05, 0) is 11.6 Å². The summed E-state index contributed by atoms with van der Waals surface area (Å²) in [5, 5.41) is 1.05. The predicted octanol–water partition coefficient (Wildman–Crippen LogP) is 1.21. The summed E-state index contributed by atoms with van der Waals surface area (Å²) < 4.78 is 0. The van der Waals surface area contributed by atoms with Crippen LogP contribution >= 0.6 is 0 Å². The topological polar surface area (TPSA) is 66.5 Å². The SMILES string of the molecule is CCNN(C(C)=O)C(C=O)C(=O)C=Cc1ccccc1. The van der Waals surface area contributed by atoms with Gasteiger partial charge in [-0.25, -0.2) is 5.43 Å². The summed E-state index contributed by atoms with van der Waals surface area (Å²) in [6.45, 7) is 3.52. The van der Waals surface area contributed by atoms with E-state index in [9.17, 15) is 14.4 Å². The molecule has 1 atom stereocenters. The van der Waals surface area contributed by atoms with Crippen molar-refractivity contribution in [3.63, 3.8) is 0 Å². The van der Waals surface area contributed by atoms with E-state index in [-0.39, 0.29) is 5.91 Å². The lowest BCUT2D eigenvalue weighted by atomic mass is 10.1. The molecule has 1 N–H and O–H groups in total. The minimum atomic E-state index is -1.15. The average molecular weight is 274 g/mol. The van der Waals surface area contributed by atoms with Crippen molar-refractivity contribution in [2.45, 2.75) is 19.9 Å². The Hall–Kier alpha value is -2.27. The predicted molar refractivity (Wildman–Crippen MR) is 76.5 cm³/mol. The number of amides is 1. The molecule has 20 heavy (non-hydrogen) atoms. The number of aldehydes is 1. The van der Waals surface area contributed by atoms with Gasteiger partial charge in [0, 0.05) is 13.5 Å². The number of benzene rings is 1. The van der Waals surface area contributed by atoms with Crippen LogP contribution in [0.5, 0.6) is 0 Å². The number of hydrogen-bond acceptors (Lipinski definition) is 4. The Bertz CT molecular complexity index is 497. The van der Waals surface area contributed by atoms with E-state index in [0.29, 0.717) is 12.8 Å². The number of carbonyl (C=O) groups is 3. The highest BCUT2D eigenvalue weighted by molar-refractivity contribution is 6.08. The molecule has 1 unspecified atom stereocenters. The number of ketones is 1. The molecule has 5 heteroatoms. The van der Waals surface area contributed by atoms with Gasteiger partial charge in [-0.3, -0.25) is 14.6 Å². The minimum Gasteiger partial charge on any atom is -0.300 e. The Morgan fingerprint density at radius 1 is 1.30 bits per heavy atom. The molecule has 0 fully saturated rings. The molecule has 1 aromatic carbocycles. The first-order valence-corrected chi connectivity index (χ1v) is 6.35. The number of nitrogens with one attached hydrogen (secondary N) is 1. The van der Waals surface area contributed by atoms with Crippen molar-refractivity contribution in [1.29, 1.82) is 0 Å². The van der Waals surface area contributed by atoms with Gasteiger partial charge >= 0.3 is 0 Å². The summed E-state index contributed by atoms with van der Waals surface area (Å²) >= 11 is 0. The van der Waals surface area contributed by atoms with Crippen molar-refractivity contribution in [2.24, 2.45) is 0 Å². The second-order valence-corrected chi connectivity index (χ2v) is 4.13. The fourth-order valence-corrected chi connectivity index (χ4v) is 1.67. The van der Waals surface area contributed by atoms with Crippen LogP contribution < -0.4 is 5.43 Å². The highest BCUT2D eigenvalue weighted by Gasteiger charge is 2.25. The lowest BCUT2D eigenvalue weighted by Crippen LogP contribution is -2.52. The molecule has 0 aliphatic rings. The van der Waals surface area contributed by atoms with Crippen LogP contribution in [0, 0.1) is 0 Å². The van der Waals surface area contributed by atoms with Crippen molar-refractivity contribution in [3.8, 4) is 0 Å². The van der Waals surface area contributed by atoms with Gasteiger partial charge < -0.3 is 4.79 Å². The maximum Gasteiger partial charge on any atom is 0.234 e. The van der Waals surface area contributed by atoms with Gasteiger partial charge in [0.2, 0.25) is 5.91 Å². The Morgan fingerprint density at radius 2 is 1.95 bits per heavy atom. The molecule has 1 rings (SSSR count). The fourth-order valence-electron chi connectivity index (χ4n) is 1.67. The highest BCUT2D eigenvalue weighted by Crippen LogP contribution is 2.03. The normalized spacial score (nSPS) is 12.1. The van der Waals surface area contributed by atoms with Crippen LogP contribution in [0.15, 0.2) is 36.4 Å². The van der Waals surface area contributed by atoms with E-state index in [0.717, 1.165) is 10.6 Å². The van der Waals surface area contributed by atoms with Crippen LogP contribution in [0.25, 0.3) is 6.08 Å². The zero-order valence-corrected chi connectivity index (χ0v) is 11.6. The smallest absolute Gasteiger partial charge is 0.234 e. The number of nitrogens with zero attached hydrogens (tertiary/aromatic N) is 1. The first-order valence-electron chi connectivity index (χ1n) is 6.35. The molecule has 0 saturated carbocycles. The third-order valence-electron chi connectivity index (χ3n) is 2.61. The van der Waals surface area contributed by atoms with Gasteiger partial charge in [0.25, 0.3) is 0 Å². The molecule has 0 bridgehead atoms. The van der Waals surface area contributed by atoms with Crippen molar-refractivity contribution < 1.29 is 14.4 Å². The molecule has 0 heterocycles. The fraction of sp³-hybridized carbons (Fsp3) is 0.267.